The molecule has 2 rings (SSSR count). The molecule has 118 valence electrons. The fourth-order valence-electron chi connectivity index (χ4n) is 2.04. The van der Waals surface area contributed by atoms with Crippen molar-refractivity contribution in [3.8, 4) is 11.5 Å². The first-order chi connectivity index (χ1) is 9.60. The van der Waals surface area contributed by atoms with Crippen LogP contribution in [0, 0.1) is 5.92 Å². The summed E-state index contributed by atoms with van der Waals surface area (Å²) in [6.45, 7) is 1.78. The van der Waals surface area contributed by atoms with Gasteiger partial charge in [-0.25, -0.2) is 0 Å². The van der Waals surface area contributed by atoms with E-state index < -0.39 is 0 Å². The van der Waals surface area contributed by atoms with Crippen molar-refractivity contribution in [2.75, 3.05) is 27.2 Å². The number of methoxy groups -OCH3 is 1. The Labute approximate surface area is 131 Å². The van der Waals surface area contributed by atoms with Crippen molar-refractivity contribution in [1.82, 2.24) is 10.2 Å². The van der Waals surface area contributed by atoms with Gasteiger partial charge >= 0.3 is 0 Å². The number of hydrogen-bond donors (Lipinski definition) is 2. The number of benzene rings is 1. The second-order valence-corrected chi connectivity index (χ2v) is 5.33. The first kappa shape index (κ1) is 17.6. The molecule has 0 bridgehead atoms. The van der Waals surface area contributed by atoms with Crippen LogP contribution >= 0.6 is 12.4 Å². The molecule has 1 fully saturated rings. The van der Waals surface area contributed by atoms with E-state index in [4.69, 9.17) is 4.74 Å². The van der Waals surface area contributed by atoms with Gasteiger partial charge in [-0.15, -0.1) is 12.4 Å². The summed E-state index contributed by atoms with van der Waals surface area (Å²) in [5.74, 6) is 1.36. The molecule has 21 heavy (non-hydrogen) atoms. The molecule has 1 amide bonds. The largest absolute Gasteiger partial charge is 0.504 e. The van der Waals surface area contributed by atoms with E-state index in [1.165, 1.54) is 20.0 Å². The Kier molecular flexibility index (Phi) is 6.78. The van der Waals surface area contributed by atoms with Gasteiger partial charge in [0.05, 0.1) is 13.7 Å². The van der Waals surface area contributed by atoms with Crippen LogP contribution in [0.5, 0.6) is 11.5 Å². The zero-order valence-corrected chi connectivity index (χ0v) is 13.3. The van der Waals surface area contributed by atoms with Crippen molar-refractivity contribution < 1.29 is 14.6 Å². The molecular weight excluding hydrogens is 292 g/mol. The van der Waals surface area contributed by atoms with Crippen LogP contribution in [-0.4, -0.2) is 43.2 Å². The highest BCUT2D eigenvalue weighted by molar-refractivity contribution is 5.85. The molecule has 5 nitrogen and oxygen atoms in total. The number of phenols is 1. The van der Waals surface area contributed by atoms with Crippen LogP contribution < -0.4 is 10.1 Å². The van der Waals surface area contributed by atoms with Crippen molar-refractivity contribution in [1.29, 1.82) is 0 Å². The SMILES string of the molecule is COc1ccc(CN(C)C(=O)CNCC2CC2)cc1O.Cl. The molecule has 0 unspecified atom stereocenters. The van der Waals surface area contributed by atoms with Gasteiger partial charge in [0.15, 0.2) is 11.5 Å². The maximum Gasteiger partial charge on any atom is 0.236 e. The lowest BCUT2D eigenvalue weighted by Crippen LogP contribution is -2.35. The number of amides is 1. The minimum Gasteiger partial charge on any atom is -0.504 e. The average Bonchev–Trinajstić information content (AvgIpc) is 3.23. The normalized spacial score (nSPS) is 13.4. The summed E-state index contributed by atoms with van der Waals surface area (Å²) in [6, 6.07) is 5.18. The summed E-state index contributed by atoms with van der Waals surface area (Å²) < 4.78 is 4.99. The van der Waals surface area contributed by atoms with Crippen LogP contribution in [0.2, 0.25) is 0 Å². The van der Waals surface area contributed by atoms with E-state index >= 15 is 0 Å². The third kappa shape index (κ3) is 5.44. The van der Waals surface area contributed by atoms with E-state index in [1.54, 1.807) is 24.1 Å². The first-order valence-electron chi connectivity index (χ1n) is 6.90. The van der Waals surface area contributed by atoms with Crippen molar-refractivity contribution in [2.45, 2.75) is 19.4 Å². The van der Waals surface area contributed by atoms with Crippen LogP contribution in [0.25, 0.3) is 0 Å². The third-order valence-corrected chi connectivity index (χ3v) is 3.49. The third-order valence-electron chi connectivity index (χ3n) is 3.49. The summed E-state index contributed by atoms with van der Waals surface area (Å²) in [4.78, 5) is 13.6. The molecule has 2 N–H and O–H groups in total. The predicted octanol–water partition coefficient (Wildman–Crippen LogP) is 1.78. The molecule has 0 spiro atoms. The lowest BCUT2D eigenvalue weighted by atomic mass is 10.2. The highest BCUT2D eigenvalue weighted by Crippen LogP contribution is 2.27. The van der Waals surface area contributed by atoms with Crippen molar-refractivity contribution in [3.63, 3.8) is 0 Å². The Hall–Kier alpha value is -1.46. The standard InChI is InChI=1S/C15H22N2O3.ClH/c1-17(15(19)9-16-8-11-3-4-11)10-12-5-6-14(20-2)13(18)7-12;/h5-7,11,16,18H,3-4,8-10H2,1-2H3;1H. The monoisotopic (exact) mass is 314 g/mol. The van der Waals surface area contributed by atoms with Gasteiger partial charge in [0.1, 0.15) is 0 Å². The Morgan fingerprint density at radius 3 is 2.76 bits per heavy atom. The van der Waals surface area contributed by atoms with Gasteiger partial charge in [-0.3, -0.25) is 4.79 Å². The van der Waals surface area contributed by atoms with E-state index in [-0.39, 0.29) is 24.1 Å². The molecule has 1 aromatic carbocycles. The van der Waals surface area contributed by atoms with Gasteiger partial charge in [0, 0.05) is 13.6 Å². The second-order valence-electron chi connectivity index (χ2n) is 5.33. The fraction of sp³-hybridized carbons (Fsp3) is 0.533. The van der Waals surface area contributed by atoms with Gasteiger partial charge in [-0.2, -0.15) is 0 Å². The van der Waals surface area contributed by atoms with Crippen LogP contribution in [0.15, 0.2) is 18.2 Å². The minimum absolute atomic E-state index is 0. The topological polar surface area (TPSA) is 61.8 Å². The van der Waals surface area contributed by atoms with Crippen LogP contribution in [0.3, 0.4) is 0 Å². The molecule has 0 aliphatic heterocycles. The first-order valence-corrected chi connectivity index (χ1v) is 6.90. The highest BCUT2D eigenvalue weighted by atomic mass is 35.5. The van der Waals surface area contributed by atoms with E-state index in [0.29, 0.717) is 18.8 Å². The van der Waals surface area contributed by atoms with Gasteiger partial charge in [0.25, 0.3) is 0 Å². The Bertz CT molecular complexity index is 478. The molecule has 1 saturated carbocycles. The van der Waals surface area contributed by atoms with Gasteiger partial charge in [-0.05, 0) is 43.0 Å². The van der Waals surface area contributed by atoms with Crippen LogP contribution in [-0.2, 0) is 11.3 Å². The van der Waals surface area contributed by atoms with Crippen LogP contribution in [0.4, 0.5) is 0 Å². The zero-order chi connectivity index (χ0) is 14.5. The molecule has 1 aliphatic carbocycles. The quantitative estimate of drug-likeness (QED) is 0.805. The molecule has 0 atom stereocenters. The number of halogens is 1. The summed E-state index contributed by atoms with van der Waals surface area (Å²) in [7, 11) is 3.28. The Morgan fingerprint density at radius 1 is 1.48 bits per heavy atom. The molecular formula is C15H23ClN2O3. The number of carbonyl (C=O) groups is 1. The summed E-state index contributed by atoms with van der Waals surface area (Å²) >= 11 is 0. The summed E-state index contributed by atoms with van der Waals surface area (Å²) in [6.07, 6.45) is 2.56. The number of hydrogen-bond acceptors (Lipinski definition) is 4. The zero-order valence-electron chi connectivity index (χ0n) is 12.5. The molecule has 1 aromatic rings. The number of aromatic hydroxyl groups is 1. The maximum absolute atomic E-state index is 11.9. The molecule has 0 saturated heterocycles. The molecule has 0 aromatic heterocycles. The number of nitrogens with one attached hydrogen (secondary N) is 1. The van der Waals surface area contributed by atoms with Crippen molar-refractivity contribution in [2.24, 2.45) is 5.92 Å². The molecule has 0 heterocycles. The number of nitrogens with zero attached hydrogens (tertiary/aromatic N) is 1. The predicted molar refractivity (Wildman–Crippen MR) is 84.0 cm³/mol. The molecule has 6 heteroatoms. The lowest BCUT2D eigenvalue weighted by Gasteiger charge is -2.18. The summed E-state index contributed by atoms with van der Waals surface area (Å²) in [5.41, 5.74) is 0.876. The minimum atomic E-state index is 0. The number of likely N-dealkylation sites (N-methyl/N-ethyl adjacent to an activating group) is 1. The lowest BCUT2D eigenvalue weighted by molar-refractivity contribution is -0.129. The smallest absolute Gasteiger partial charge is 0.236 e. The van der Waals surface area contributed by atoms with E-state index in [0.717, 1.165) is 18.0 Å². The van der Waals surface area contributed by atoms with Gasteiger partial charge in [0.2, 0.25) is 5.91 Å². The average molecular weight is 315 g/mol. The van der Waals surface area contributed by atoms with Crippen molar-refractivity contribution in [3.05, 3.63) is 23.8 Å². The second kappa shape index (κ2) is 8.10. The number of ether oxygens (including phenoxy) is 1. The maximum atomic E-state index is 11.9. The van der Waals surface area contributed by atoms with E-state index in [2.05, 4.69) is 5.32 Å². The van der Waals surface area contributed by atoms with E-state index in [9.17, 15) is 9.90 Å². The number of rotatable bonds is 7. The fourth-order valence-corrected chi connectivity index (χ4v) is 2.04. The van der Waals surface area contributed by atoms with Gasteiger partial charge < -0.3 is 20.1 Å². The molecule has 1 aliphatic rings. The molecule has 0 radical (unpaired) electrons. The highest BCUT2D eigenvalue weighted by Gasteiger charge is 2.21. The van der Waals surface area contributed by atoms with E-state index in [1.807, 2.05) is 6.07 Å². The number of phenolic OH excluding ortho intramolecular Hbond substituents is 1. The Balaban J connectivity index is 0.00000220. The Morgan fingerprint density at radius 2 is 2.19 bits per heavy atom. The summed E-state index contributed by atoms with van der Waals surface area (Å²) in [5, 5.41) is 12.9. The number of carbonyl (C=O) groups excluding carboxylic acids is 1. The van der Waals surface area contributed by atoms with Gasteiger partial charge in [-0.1, -0.05) is 6.07 Å². The van der Waals surface area contributed by atoms with Crippen LogP contribution in [0.1, 0.15) is 18.4 Å². The van der Waals surface area contributed by atoms with Crippen molar-refractivity contribution >= 4 is 18.3 Å².